The lowest BCUT2D eigenvalue weighted by Crippen LogP contribution is -2.49. The van der Waals surface area contributed by atoms with Gasteiger partial charge in [0.25, 0.3) is 5.69 Å². The van der Waals surface area contributed by atoms with E-state index < -0.39 is 0 Å². The Morgan fingerprint density at radius 1 is 1.22 bits per heavy atom. The van der Waals surface area contributed by atoms with Gasteiger partial charge in [-0.3, -0.25) is 14.9 Å². The second kappa shape index (κ2) is 6.38. The zero-order valence-electron chi connectivity index (χ0n) is 12.3. The molecule has 2 heterocycles. The van der Waals surface area contributed by atoms with Crippen LogP contribution in [0.3, 0.4) is 0 Å². The van der Waals surface area contributed by atoms with E-state index in [1.165, 1.54) is 17.1 Å². The molecule has 0 atom stereocenters. The minimum Gasteiger partial charge on any atom is -0.362 e. The molecule has 0 saturated carbocycles. The molecule has 10 nitrogen and oxygen atoms in total. The van der Waals surface area contributed by atoms with Crippen molar-refractivity contribution in [1.82, 2.24) is 25.1 Å². The van der Waals surface area contributed by atoms with Gasteiger partial charge in [-0.05, 0) is 16.5 Å². The Morgan fingerprint density at radius 2 is 1.96 bits per heavy atom. The Bertz CT molecular complexity index is 695. The Balaban J connectivity index is 1.62. The van der Waals surface area contributed by atoms with Crippen molar-refractivity contribution in [1.29, 1.82) is 0 Å². The summed E-state index contributed by atoms with van der Waals surface area (Å²) >= 11 is 0. The summed E-state index contributed by atoms with van der Waals surface area (Å²) in [6, 6.07) is 6.65. The minimum atomic E-state index is -0.384. The topological polar surface area (TPSA) is 110 Å². The highest BCUT2D eigenvalue weighted by atomic mass is 16.6. The van der Waals surface area contributed by atoms with Gasteiger partial charge in [0.1, 0.15) is 18.6 Å². The summed E-state index contributed by atoms with van der Waals surface area (Å²) in [5.41, 5.74) is 0.672. The van der Waals surface area contributed by atoms with Crippen LogP contribution in [0.2, 0.25) is 0 Å². The van der Waals surface area contributed by atoms with Gasteiger partial charge in [-0.1, -0.05) is 12.1 Å². The third kappa shape index (κ3) is 3.25. The highest BCUT2D eigenvalue weighted by Gasteiger charge is 2.25. The summed E-state index contributed by atoms with van der Waals surface area (Å²) in [6.07, 6.45) is 1.39. The number of anilines is 1. The van der Waals surface area contributed by atoms with Gasteiger partial charge < -0.3 is 9.80 Å². The number of amides is 1. The van der Waals surface area contributed by atoms with Crippen molar-refractivity contribution in [3.63, 3.8) is 0 Å². The molecule has 0 aliphatic carbocycles. The second-order valence-electron chi connectivity index (χ2n) is 5.12. The van der Waals surface area contributed by atoms with E-state index in [4.69, 9.17) is 0 Å². The zero-order chi connectivity index (χ0) is 16.2. The molecule has 0 spiro atoms. The molecule has 1 aromatic carbocycles. The molecule has 1 aromatic heterocycles. The van der Waals surface area contributed by atoms with E-state index in [9.17, 15) is 14.9 Å². The number of hydrogen-bond acceptors (Lipinski definition) is 7. The summed E-state index contributed by atoms with van der Waals surface area (Å²) in [5.74, 6) is -0.0699. The number of nitrogens with zero attached hydrogens (tertiary/aromatic N) is 7. The van der Waals surface area contributed by atoms with E-state index >= 15 is 0 Å². The van der Waals surface area contributed by atoms with Gasteiger partial charge in [-0.15, -0.1) is 5.10 Å². The molecule has 120 valence electrons. The lowest BCUT2D eigenvalue weighted by molar-refractivity contribution is -0.384. The van der Waals surface area contributed by atoms with Crippen molar-refractivity contribution in [3.05, 3.63) is 40.7 Å². The predicted molar refractivity (Wildman–Crippen MR) is 79.7 cm³/mol. The largest absolute Gasteiger partial charge is 0.362 e. The third-order valence-corrected chi connectivity index (χ3v) is 3.74. The van der Waals surface area contributed by atoms with Crippen molar-refractivity contribution in [3.8, 4) is 0 Å². The number of para-hydroxylation sites is 2. The summed E-state index contributed by atoms with van der Waals surface area (Å²) in [6.45, 7) is 2.21. The van der Waals surface area contributed by atoms with Gasteiger partial charge in [-0.2, -0.15) is 0 Å². The number of rotatable bonds is 4. The summed E-state index contributed by atoms with van der Waals surface area (Å²) in [7, 11) is 0. The number of carbonyl (C=O) groups excluding carboxylic acids is 1. The average Bonchev–Trinajstić information content (AvgIpc) is 3.08. The first-order valence-corrected chi connectivity index (χ1v) is 7.12. The Morgan fingerprint density at radius 3 is 2.61 bits per heavy atom. The van der Waals surface area contributed by atoms with E-state index in [2.05, 4.69) is 15.5 Å². The van der Waals surface area contributed by atoms with Crippen LogP contribution in [0, 0.1) is 10.1 Å². The molecule has 10 heteroatoms. The Labute approximate surface area is 131 Å². The van der Waals surface area contributed by atoms with Crippen LogP contribution in [-0.2, 0) is 11.3 Å². The van der Waals surface area contributed by atoms with Crippen LogP contribution in [0.15, 0.2) is 30.6 Å². The Kier molecular flexibility index (Phi) is 4.13. The van der Waals surface area contributed by atoms with Crippen LogP contribution in [0.4, 0.5) is 11.4 Å². The first-order chi connectivity index (χ1) is 11.1. The van der Waals surface area contributed by atoms with Crippen LogP contribution in [0.5, 0.6) is 0 Å². The lowest BCUT2D eigenvalue weighted by Gasteiger charge is -2.35. The van der Waals surface area contributed by atoms with Crippen LogP contribution in [0.25, 0.3) is 0 Å². The molecular formula is C13H15N7O3. The van der Waals surface area contributed by atoms with Crippen LogP contribution in [0.1, 0.15) is 0 Å². The fraction of sp³-hybridized carbons (Fsp3) is 0.385. The van der Waals surface area contributed by atoms with Gasteiger partial charge in [-0.25, -0.2) is 4.68 Å². The van der Waals surface area contributed by atoms with E-state index in [1.54, 1.807) is 23.1 Å². The summed E-state index contributed by atoms with van der Waals surface area (Å²) in [5, 5.41) is 21.8. The molecular weight excluding hydrogens is 302 g/mol. The van der Waals surface area contributed by atoms with Crippen molar-refractivity contribution in [2.24, 2.45) is 0 Å². The molecule has 0 bridgehead atoms. The molecule has 0 radical (unpaired) electrons. The molecule has 1 aliphatic rings. The average molecular weight is 317 g/mol. The number of benzene rings is 1. The number of carbonyl (C=O) groups is 1. The van der Waals surface area contributed by atoms with Crippen molar-refractivity contribution >= 4 is 17.3 Å². The molecule has 3 rings (SSSR count). The highest BCUT2D eigenvalue weighted by Crippen LogP contribution is 2.28. The van der Waals surface area contributed by atoms with Crippen LogP contribution < -0.4 is 4.90 Å². The van der Waals surface area contributed by atoms with Gasteiger partial charge in [0.15, 0.2) is 0 Å². The van der Waals surface area contributed by atoms with Crippen molar-refractivity contribution in [2.75, 3.05) is 31.1 Å². The molecule has 1 amide bonds. The molecule has 1 aliphatic heterocycles. The summed E-state index contributed by atoms with van der Waals surface area (Å²) in [4.78, 5) is 26.5. The molecule has 23 heavy (non-hydrogen) atoms. The molecule has 0 unspecified atom stereocenters. The summed E-state index contributed by atoms with van der Waals surface area (Å²) < 4.78 is 1.37. The number of nitro benzene ring substituents is 1. The van der Waals surface area contributed by atoms with E-state index in [-0.39, 0.29) is 23.1 Å². The molecule has 1 saturated heterocycles. The van der Waals surface area contributed by atoms with Crippen molar-refractivity contribution in [2.45, 2.75) is 6.54 Å². The van der Waals surface area contributed by atoms with Gasteiger partial charge >= 0.3 is 0 Å². The Hall–Kier alpha value is -3.04. The number of hydrogen-bond donors (Lipinski definition) is 0. The first kappa shape index (κ1) is 14.9. The first-order valence-electron chi connectivity index (χ1n) is 7.12. The third-order valence-electron chi connectivity index (χ3n) is 3.74. The fourth-order valence-corrected chi connectivity index (χ4v) is 2.57. The van der Waals surface area contributed by atoms with Gasteiger partial charge in [0.2, 0.25) is 5.91 Å². The van der Waals surface area contributed by atoms with E-state index in [0.29, 0.717) is 31.9 Å². The highest BCUT2D eigenvalue weighted by molar-refractivity contribution is 5.76. The predicted octanol–water partition coefficient (Wildman–Crippen LogP) is -0.0699. The lowest BCUT2D eigenvalue weighted by atomic mass is 10.2. The standard InChI is InChI=1S/C13H15N7O3/c21-13(9-19-10-14-15-16-19)18-7-5-17(6-8-18)11-3-1-2-4-12(11)20(22)23/h1-4,10H,5-9H2. The maximum atomic E-state index is 12.2. The minimum absolute atomic E-state index is 0.0699. The number of nitro groups is 1. The van der Waals surface area contributed by atoms with E-state index in [0.717, 1.165) is 0 Å². The number of aromatic nitrogens is 4. The molecule has 2 aromatic rings. The quantitative estimate of drug-likeness (QED) is 0.573. The maximum absolute atomic E-state index is 12.2. The molecule has 1 fully saturated rings. The normalized spacial score (nSPS) is 14.8. The number of piperazine rings is 1. The van der Waals surface area contributed by atoms with Crippen LogP contribution in [-0.4, -0.2) is 62.1 Å². The van der Waals surface area contributed by atoms with Crippen LogP contribution >= 0.6 is 0 Å². The maximum Gasteiger partial charge on any atom is 0.292 e. The van der Waals surface area contributed by atoms with Gasteiger partial charge in [0.05, 0.1) is 4.92 Å². The number of tetrazole rings is 1. The molecule has 0 N–H and O–H groups in total. The smallest absolute Gasteiger partial charge is 0.292 e. The zero-order valence-corrected chi connectivity index (χ0v) is 12.3. The SMILES string of the molecule is O=C(Cn1cnnn1)N1CCN(c2ccccc2[N+](=O)[O-])CC1. The van der Waals surface area contributed by atoms with Crippen molar-refractivity contribution < 1.29 is 9.72 Å². The van der Waals surface area contributed by atoms with E-state index in [1.807, 2.05) is 4.90 Å². The second-order valence-corrected chi connectivity index (χ2v) is 5.12. The monoisotopic (exact) mass is 317 g/mol. The fourth-order valence-electron chi connectivity index (χ4n) is 2.57. The van der Waals surface area contributed by atoms with Gasteiger partial charge in [0, 0.05) is 32.2 Å².